The second kappa shape index (κ2) is 6.82. The van der Waals surface area contributed by atoms with E-state index in [1.165, 1.54) is 24.8 Å². The van der Waals surface area contributed by atoms with Crippen LogP contribution in [0.4, 0.5) is 11.6 Å². The van der Waals surface area contributed by atoms with Gasteiger partial charge in [0.1, 0.15) is 5.69 Å². The summed E-state index contributed by atoms with van der Waals surface area (Å²) in [6, 6.07) is 10.6. The van der Waals surface area contributed by atoms with Crippen LogP contribution < -0.4 is 10.2 Å². The van der Waals surface area contributed by atoms with Gasteiger partial charge in [-0.3, -0.25) is 4.79 Å². The molecule has 1 aliphatic carbocycles. The summed E-state index contributed by atoms with van der Waals surface area (Å²) in [5.74, 6) is 0.518. The van der Waals surface area contributed by atoms with E-state index in [4.69, 9.17) is 0 Å². The monoisotopic (exact) mass is 336 g/mol. The first-order valence-corrected chi connectivity index (χ1v) is 9.23. The third-order valence-corrected chi connectivity index (χ3v) is 5.24. The smallest absolute Gasteiger partial charge is 0.270 e. The van der Waals surface area contributed by atoms with Crippen molar-refractivity contribution in [3.63, 3.8) is 0 Å². The van der Waals surface area contributed by atoms with Crippen molar-refractivity contribution in [3.05, 3.63) is 47.8 Å². The molecule has 2 aliphatic rings. The summed E-state index contributed by atoms with van der Waals surface area (Å²) in [6.45, 7) is 2.16. The van der Waals surface area contributed by atoms with Gasteiger partial charge in [-0.25, -0.2) is 9.97 Å². The first-order chi connectivity index (χ1) is 12.2. The summed E-state index contributed by atoms with van der Waals surface area (Å²) in [4.78, 5) is 23.7. The molecule has 5 nitrogen and oxygen atoms in total. The molecule has 0 saturated heterocycles. The van der Waals surface area contributed by atoms with Gasteiger partial charge in [0.05, 0.1) is 0 Å². The molecule has 1 saturated carbocycles. The van der Waals surface area contributed by atoms with Crippen molar-refractivity contribution < 1.29 is 4.79 Å². The third-order valence-electron chi connectivity index (χ3n) is 5.24. The van der Waals surface area contributed by atoms with E-state index in [0.717, 1.165) is 24.9 Å². The van der Waals surface area contributed by atoms with Crippen molar-refractivity contribution in [2.24, 2.45) is 0 Å². The zero-order chi connectivity index (χ0) is 17.2. The van der Waals surface area contributed by atoms with Crippen molar-refractivity contribution >= 4 is 17.5 Å². The number of carbonyl (C=O) groups is 1. The molecule has 1 N–H and O–H groups in total. The molecule has 1 fully saturated rings. The number of benzene rings is 1. The van der Waals surface area contributed by atoms with Gasteiger partial charge in [0, 0.05) is 24.0 Å². The largest absolute Gasteiger partial charge is 0.348 e. The Bertz CT molecular complexity index is 770. The van der Waals surface area contributed by atoms with E-state index >= 15 is 0 Å². The number of rotatable bonds is 3. The molecule has 4 rings (SSSR count). The van der Waals surface area contributed by atoms with Crippen molar-refractivity contribution in [3.8, 4) is 0 Å². The lowest BCUT2D eigenvalue weighted by atomic mass is 9.95. The molecule has 0 bridgehead atoms. The number of para-hydroxylation sites is 1. The third kappa shape index (κ3) is 3.23. The van der Waals surface area contributed by atoms with E-state index in [0.29, 0.717) is 11.6 Å². The Morgan fingerprint density at radius 2 is 1.96 bits per heavy atom. The van der Waals surface area contributed by atoms with Crippen LogP contribution in [0.5, 0.6) is 0 Å². The average molecular weight is 336 g/mol. The molecule has 0 radical (unpaired) electrons. The van der Waals surface area contributed by atoms with Crippen LogP contribution in [-0.2, 0) is 6.42 Å². The SMILES string of the molecule is CC1Cc2ccccc2N1c1nccc(C(=O)NC2CCCCC2)n1. The van der Waals surface area contributed by atoms with E-state index < -0.39 is 0 Å². The molecule has 2 aromatic rings. The molecule has 0 spiro atoms. The van der Waals surface area contributed by atoms with Crippen LogP contribution in [0.2, 0.25) is 0 Å². The predicted molar refractivity (Wildman–Crippen MR) is 98.1 cm³/mol. The Morgan fingerprint density at radius 1 is 1.16 bits per heavy atom. The number of anilines is 2. The number of nitrogens with zero attached hydrogens (tertiary/aromatic N) is 3. The zero-order valence-corrected chi connectivity index (χ0v) is 14.6. The quantitative estimate of drug-likeness (QED) is 0.930. The zero-order valence-electron chi connectivity index (χ0n) is 14.6. The summed E-state index contributed by atoms with van der Waals surface area (Å²) < 4.78 is 0. The summed E-state index contributed by atoms with van der Waals surface area (Å²) in [7, 11) is 0. The maximum absolute atomic E-state index is 12.6. The van der Waals surface area contributed by atoms with Crippen LogP contribution in [0.1, 0.15) is 55.1 Å². The Balaban J connectivity index is 1.56. The molecular weight excluding hydrogens is 312 g/mol. The van der Waals surface area contributed by atoms with Gasteiger partial charge >= 0.3 is 0 Å². The highest BCUT2D eigenvalue weighted by atomic mass is 16.1. The molecule has 5 heteroatoms. The van der Waals surface area contributed by atoms with Gasteiger partial charge in [-0.2, -0.15) is 0 Å². The number of amides is 1. The lowest BCUT2D eigenvalue weighted by molar-refractivity contribution is 0.0922. The maximum atomic E-state index is 12.6. The number of carbonyl (C=O) groups excluding carboxylic acids is 1. The highest BCUT2D eigenvalue weighted by Crippen LogP contribution is 2.36. The van der Waals surface area contributed by atoms with Crippen molar-refractivity contribution in [1.29, 1.82) is 0 Å². The van der Waals surface area contributed by atoms with Gasteiger partial charge in [0.25, 0.3) is 5.91 Å². The minimum Gasteiger partial charge on any atom is -0.348 e. The first-order valence-electron chi connectivity index (χ1n) is 9.23. The van der Waals surface area contributed by atoms with Gasteiger partial charge in [0.15, 0.2) is 0 Å². The van der Waals surface area contributed by atoms with Crippen molar-refractivity contribution in [2.75, 3.05) is 4.90 Å². The molecule has 130 valence electrons. The Labute approximate surface area is 148 Å². The number of aromatic nitrogens is 2. The van der Waals surface area contributed by atoms with E-state index in [2.05, 4.69) is 45.3 Å². The van der Waals surface area contributed by atoms with Gasteiger partial charge < -0.3 is 10.2 Å². The molecule has 1 unspecified atom stereocenters. The van der Waals surface area contributed by atoms with E-state index in [-0.39, 0.29) is 18.0 Å². The average Bonchev–Trinajstić information content (AvgIpc) is 2.98. The fourth-order valence-electron chi connectivity index (χ4n) is 3.97. The first kappa shape index (κ1) is 16.1. The van der Waals surface area contributed by atoms with Crippen LogP contribution >= 0.6 is 0 Å². The van der Waals surface area contributed by atoms with Gasteiger partial charge in [-0.05, 0) is 43.9 Å². The van der Waals surface area contributed by atoms with Crippen LogP contribution in [0.15, 0.2) is 36.5 Å². The minimum absolute atomic E-state index is 0.0873. The fraction of sp³-hybridized carbons (Fsp3) is 0.450. The van der Waals surface area contributed by atoms with Crippen LogP contribution in [0.3, 0.4) is 0 Å². The second-order valence-corrected chi connectivity index (χ2v) is 7.10. The normalized spacial score (nSPS) is 20.4. The molecule has 1 aromatic carbocycles. The summed E-state index contributed by atoms with van der Waals surface area (Å²) >= 11 is 0. The Morgan fingerprint density at radius 3 is 2.80 bits per heavy atom. The van der Waals surface area contributed by atoms with Crippen LogP contribution in [0.25, 0.3) is 0 Å². The van der Waals surface area contributed by atoms with Gasteiger partial charge in [0.2, 0.25) is 5.95 Å². The number of fused-ring (bicyclic) bond motifs is 1. The second-order valence-electron chi connectivity index (χ2n) is 7.10. The molecule has 2 heterocycles. The highest BCUT2D eigenvalue weighted by molar-refractivity contribution is 5.92. The van der Waals surface area contributed by atoms with E-state index in [9.17, 15) is 4.79 Å². The summed E-state index contributed by atoms with van der Waals surface area (Å²) in [5.41, 5.74) is 2.89. The van der Waals surface area contributed by atoms with Gasteiger partial charge in [-0.1, -0.05) is 37.5 Å². The van der Waals surface area contributed by atoms with E-state index in [1.54, 1.807) is 12.3 Å². The van der Waals surface area contributed by atoms with Gasteiger partial charge in [-0.15, -0.1) is 0 Å². The Hall–Kier alpha value is -2.43. The predicted octanol–water partition coefficient (Wildman–Crippen LogP) is 3.62. The Kier molecular flexibility index (Phi) is 4.38. The van der Waals surface area contributed by atoms with Crippen LogP contribution in [0, 0.1) is 0 Å². The lowest BCUT2D eigenvalue weighted by Crippen LogP contribution is -2.37. The van der Waals surface area contributed by atoms with E-state index in [1.807, 2.05) is 6.07 Å². The summed E-state index contributed by atoms with van der Waals surface area (Å²) in [5, 5.41) is 3.14. The lowest BCUT2D eigenvalue weighted by Gasteiger charge is -2.24. The minimum atomic E-state index is -0.0873. The standard InChI is InChI=1S/C20H24N4O/c1-14-13-15-7-5-6-10-18(15)24(14)20-21-12-11-17(23-20)19(25)22-16-8-3-2-4-9-16/h5-7,10-12,14,16H,2-4,8-9,13H2,1H3,(H,22,25). The molecule has 25 heavy (non-hydrogen) atoms. The summed E-state index contributed by atoms with van der Waals surface area (Å²) in [6.07, 6.45) is 8.46. The highest BCUT2D eigenvalue weighted by Gasteiger charge is 2.29. The van der Waals surface area contributed by atoms with Crippen LogP contribution in [-0.4, -0.2) is 28.0 Å². The number of nitrogens with one attached hydrogen (secondary N) is 1. The maximum Gasteiger partial charge on any atom is 0.270 e. The number of hydrogen-bond acceptors (Lipinski definition) is 4. The molecule has 1 aromatic heterocycles. The molecule has 1 amide bonds. The fourth-order valence-corrected chi connectivity index (χ4v) is 3.97. The van der Waals surface area contributed by atoms with Crippen molar-refractivity contribution in [1.82, 2.24) is 15.3 Å². The molecule has 1 atom stereocenters. The molecule has 1 aliphatic heterocycles. The topological polar surface area (TPSA) is 58.1 Å². The van der Waals surface area contributed by atoms with Crippen molar-refractivity contribution in [2.45, 2.75) is 57.5 Å². The number of hydrogen-bond donors (Lipinski definition) is 1. The molecular formula is C20H24N4O.